The van der Waals surface area contributed by atoms with Crippen LogP contribution in [0.3, 0.4) is 0 Å². The molecule has 0 spiro atoms. The Morgan fingerprint density at radius 3 is 2.39 bits per heavy atom. The minimum absolute atomic E-state index is 0.0472. The molecular weight excluding hydrogens is 359 g/mol. The molecule has 0 N–H and O–H groups in total. The molecule has 1 aliphatic rings. The second kappa shape index (κ2) is 9.30. The summed E-state index contributed by atoms with van der Waals surface area (Å²) in [4.78, 5) is 34.3. The van der Waals surface area contributed by atoms with E-state index in [0.717, 1.165) is 11.4 Å². The molecule has 0 saturated carbocycles. The van der Waals surface area contributed by atoms with Crippen LogP contribution < -0.4 is 4.90 Å². The molecule has 0 aliphatic carbocycles. The maximum absolute atomic E-state index is 13.1. The Balaban J connectivity index is 1.48. The molecule has 1 fully saturated rings. The first-order valence-electron chi connectivity index (χ1n) is 9.46. The second-order valence-electron chi connectivity index (χ2n) is 6.86. The summed E-state index contributed by atoms with van der Waals surface area (Å²) < 4.78 is 13.1. The Morgan fingerprint density at radius 1 is 1.07 bits per heavy atom. The molecule has 2 heterocycles. The van der Waals surface area contributed by atoms with Crippen LogP contribution in [-0.4, -0.2) is 59.3 Å². The number of amides is 2. The number of piperazine rings is 1. The zero-order valence-electron chi connectivity index (χ0n) is 16.1. The van der Waals surface area contributed by atoms with Crippen molar-refractivity contribution in [2.24, 2.45) is 0 Å². The summed E-state index contributed by atoms with van der Waals surface area (Å²) in [6, 6.07) is 12.0. The molecule has 0 unspecified atom stereocenters. The summed E-state index contributed by atoms with van der Waals surface area (Å²) >= 11 is 0. The van der Waals surface area contributed by atoms with E-state index in [1.165, 1.54) is 19.1 Å². The fraction of sp³-hybridized carbons (Fsp3) is 0.381. The van der Waals surface area contributed by atoms with E-state index in [0.29, 0.717) is 45.7 Å². The van der Waals surface area contributed by atoms with Crippen LogP contribution in [0.5, 0.6) is 0 Å². The van der Waals surface area contributed by atoms with E-state index in [1.807, 2.05) is 23.1 Å². The Kier molecular flexibility index (Phi) is 6.57. The van der Waals surface area contributed by atoms with E-state index in [-0.39, 0.29) is 17.6 Å². The summed E-state index contributed by atoms with van der Waals surface area (Å²) in [7, 11) is 0. The van der Waals surface area contributed by atoms with Crippen molar-refractivity contribution < 1.29 is 14.0 Å². The fourth-order valence-electron chi connectivity index (χ4n) is 3.29. The number of nitrogens with zero attached hydrogens (tertiary/aromatic N) is 4. The Bertz CT molecular complexity index is 790. The minimum atomic E-state index is -0.252. The Labute approximate surface area is 164 Å². The predicted octanol–water partition coefficient (Wildman–Crippen LogP) is 2.31. The van der Waals surface area contributed by atoms with Crippen molar-refractivity contribution in [3.8, 4) is 0 Å². The van der Waals surface area contributed by atoms with Gasteiger partial charge in [0.15, 0.2) is 0 Å². The van der Waals surface area contributed by atoms with Gasteiger partial charge in [0.25, 0.3) is 0 Å². The van der Waals surface area contributed by atoms with Gasteiger partial charge < -0.3 is 14.7 Å². The standard InChI is InChI=1S/C21H25FN4O2/c1-17(27)26(16-19-4-2-3-10-23-19)11-9-21(28)25-14-12-24(13-15-25)20-7-5-18(22)6-8-20/h2-8,10H,9,11-16H2,1H3. The van der Waals surface area contributed by atoms with Crippen molar-refractivity contribution in [2.75, 3.05) is 37.6 Å². The zero-order valence-corrected chi connectivity index (χ0v) is 16.1. The van der Waals surface area contributed by atoms with Crippen molar-refractivity contribution in [1.82, 2.24) is 14.8 Å². The van der Waals surface area contributed by atoms with Gasteiger partial charge in [0.05, 0.1) is 12.2 Å². The third kappa shape index (κ3) is 5.28. The molecule has 2 aromatic rings. The molecule has 0 bridgehead atoms. The molecule has 0 radical (unpaired) electrons. The number of anilines is 1. The number of carbonyl (C=O) groups excluding carboxylic acids is 2. The highest BCUT2D eigenvalue weighted by Crippen LogP contribution is 2.17. The highest BCUT2D eigenvalue weighted by Gasteiger charge is 2.22. The van der Waals surface area contributed by atoms with Gasteiger partial charge in [0.2, 0.25) is 11.8 Å². The van der Waals surface area contributed by atoms with E-state index in [9.17, 15) is 14.0 Å². The molecule has 3 rings (SSSR count). The fourth-order valence-corrected chi connectivity index (χ4v) is 3.29. The summed E-state index contributed by atoms with van der Waals surface area (Å²) in [5.74, 6) is -0.274. The van der Waals surface area contributed by atoms with Gasteiger partial charge in [-0.25, -0.2) is 4.39 Å². The third-order valence-electron chi connectivity index (χ3n) is 4.94. The SMILES string of the molecule is CC(=O)N(CCC(=O)N1CCN(c2ccc(F)cc2)CC1)Cc1ccccn1. The molecule has 1 aliphatic heterocycles. The van der Waals surface area contributed by atoms with E-state index < -0.39 is 0 Å². The maximum atomic E-state index is 13.1. The largest absolute Gasteiger partial charge is 0.368 e. The third-order valence-corrected chi connectivity index (χ3v) is 4.94. The number of rotatable bonds is 6. The van der Waals surface area contributed by atoms with Crippen LogP contribution in [0.15, 0.2) is 48.7 Å². The number of hydrogen-bond donors (Lipinski definition) is 0. The van der Waals surface area contributed by atoms with E-state index in [1.54, 1.807) is 23.2 Å². The average molecular weight is 384 g/mol. The van der Waals surface area contributed by atoms with Crippen LogP contribution in [0.4, 0.5) is 10.1 Å². The number of hydrogen-bond acceptors (Lipinski definition) is 4. The van der Waals surface area contributed by atoms with Gasteiger partial charge in [0, 0.05) is 58.0 Å². The van der Waals surface area contributed by atoms with E-state index in [2.05, 4.69) is 9.88 Å². The van der Waals surface area contributed by atoms with E-state index in [4.69, 9.17) is 0 Å². The highest BCUT2D eigenvalue weighted by molar-refractivity contribution is 5.78. The normalized spacial score (nSPS) is 14.1. The minimum Gasteiger partial charge on any atom is -0.368 e. The van der Waals surface area contributed by atoms with Gasteiger partial charge in [-0.3, -0.25) is 14.6 Å². The predicted molar refractivity (Wildman–Crippen MR) is 105 cm³/mol. The smallest absolute Gasteiger partial charge is 0.224 e. The number of pyridine rings is 1. The van der Waals surface area contributed by atoms with Gasteiger partial charge in [-0.15, -0.1) is 0 Å². The summed E-state index contributed by atoms with van der Waals surface area (Å²) in [6.45, 7) is 4.95. The van der Waals surface area contributed by atoms with Crippen LogP contribution in [0.2, 0.25) is 0 Å². The lowest BCUT2D eigenvalue weighted by atomic mass is 10.2. The lowest BCUT2D eigenvalue weighted by Gasteiger charge is -2.36. The molecule has 2 amide bonds. The van der Waals surface area contributed by atoms with Gasteiger partial charge in [-0.1, -0.05) is 6.07 Å². The summed E-state index contributed by atoms with van der Waals surface area (Å²) in [5.41, 5.74) is 1.77. The second-order valence-corrected chi connectivity index (χ2v) is 6.86. The molecule has 28 heavy (non-hydrogen) atoms. The summed E-state index contributed by atoms with van der Waals surface area (Å²) in [6.07, 6.45) is 1.99. The lowest BCUT2D eigenvalue weighted by Crippen LogP contribution is -2.49. The van der Waals surface area contributed by atoms with Crippen molar-refractivity contribution in [1.29, 1.82) is 0 Å². The number of benzene rings is 1. The molecule has 7 heteroatoms. The number of halogens is 1. The lowest BCUT2D eigenvalue weighted by molar-refractivity contribution is -0.134. The maximum Gasteiger partial charge on any atom is 0.224 e. The van der Waals surface area contributed by atoms with Crippen molar-refractivity contribution in [2.45, 2.75) is 19.9 Å². The molecule has 1 aromatic carbocycles. The zero-order chi connectivity index (χ0) is 19.9. The van der Waals surface area contributed by atoms with Gasteiger partial charge in [0.1, 0.15) is 5.82 Å². The van der Waals surface area contributed by atoms with Crippen LogP contribution in [0.1, 0.15) is 19.0 Å². The summed E-state index contributed by atoms with van der Waals surface area (Å²) in [5, 5.41) is 0. The van der Waals surface area contributed by atoms with Crippen LogP contribution in [0.25, 0.3) is 0 Å². The molecule has 1 saturated heterocycles. The van der Waals surface area contributed by atoms with Crippen molar-refractivity contribution in [3.63, 3.8) is 0 Å². The number of aromatic nitrogens is 1. The van der Waals surface area contributed by atoms with Gasteiger partial charge in [-0.2, -0.15) is 0 Å². The first-order valence-corrected chi connectivity index (χ1v) is 9.46. The first kappa shape index (κ1) is 19.8. The molecule has 148 valence electrons. The molecule has 6 nitrogen and oxygen atoms in total. The highest BCUT2D eigenvalue weighted by atomic mass is 19.1. The van der Waals surface area contributed by atoms with Crippen LogP contribution in [0, 0.1) is 5.82 Å². The quantitative estimate of drug-likeness (QED) is 0.767. The van der Waals surface area contributed by atoms with Crippen LogP contribution >= 0.6 is 0 Å². The topological polar surface area (TPSA) is 56.8 Å². The van der Waals surface area contributed by atoms with Crippen LogP contribution in [-0.2, 0) is 16.1 Å². The molecule has 1 aromatic heterocycles. The molecule has 0 atom stereocenters. The van der Waals surface area contributed by atoms with Crippen molar-refractivity contribution in [3.05, 3.63) is 60.2 Å². The van der Waals surface area contributed by atoms with Gasteiger partial charge >= 0.3 is 0 Å². The van der Waals surface area contributed by atoms with E-state index >= 15 is 0 Å². The number of carbonyl (C=O) groups is 2. The van der Waals surface area contributed by atoms with Crippen molar-refractivity contribution >= 4 is 17.5 Å². The first-order chi connectivity index (χ1) is 13.5. The average Bonchev–Trinajstić information content (AvgIpc) is 2.72. The Morgan fingerprint density at radius 2 is 1.79 bits per heavy atom. The van der Waals surface area contributed by atoms with Gasteiger partial charge in [-0.05, 0) is 36.4 Å². The monoisotopic (exact) mass is 384 g/mol. The Hall–Kier alpha value is -2.96. The molecular formula is C21H25FN4O2.